The lowest BCUT2D eigenvalue weighted by Crippen LogP contribution is -2.08. The van der Waals surface area contributed by atoms with Crippen molar-refractivity contribution in [3.63, 3.8) is 0 Å². The summed E-state index contributed by atoms with van der Waals surface area (Å²) in [6.45, 7) is 0.290. The maximum Gasteiger partial charge on any atom is 0.416 e. The molecular weight excluding hydrogens is 305 g/mol. The molecule has 0 amide bonds. The van der Waals surface area contributed by atoms with Crippen LogP contribution in [0.25, 0.3) is 0 Å². The van der Waals surface area contributed by atoms with E-state index in [-0.39, 0.29) is 17.9 Å². The summed E-state index contributed by atoms with van der Waals surface area (Å²) >= 11 is 0. The minimum Gasteiger partial charge on any atom is -0.451 e. The van der Waals surface area contributed by atoms with Crippen molar-refractivity contribution in [3.05, 3.63) is 59.2 Å². The van der Waals surface area contributed by atoms with Gasteiger partial charge in [0.05, 0.1) is 5.56 Å². The number of alkyl halides is 3. The Morgan fingerprint density at radius 1 is 1.00 bits per heavy atom. The van der Waals surface area contributed by atoms with Crippen LogP contribution in [0.5, 0.6) is 11.5 Å². The van der Waals surface area contributed by atoms with Crippen molar-refractivity contribution in [2.45, 2.75) is 12.6 Å². The third-order valence-corrected chi connectivity index (χ3v) is 2.92. The second kappa shape index (κ2) is 6.31. The quantitative estimate of drug-likeness (QED) is 0.854. The molecule has 0 aliphatic rings. The fourth-order valence-electron chi connectivity index (χ4n) is 1.90. The predicted octanol–water partition coefficient (Wildman–Crippen LogP) is 4.28. The Hall–Kier alpha value is -2.15. The van der Waals surface area contributed by atoms with Crippen LogP contribution in [-0.2, 0) is 12.6 Å². The van der Waals surface area contributed by atoms with Crippen molar-refractivity contribution in [2.75, 3.05) is 6.54 Å². The summed E-state index contributed by atoms with van der Waals surface area (Å²) in [7, 11) is 0. The van der Waals surface area contributed by atoms with Crippen molar-refractivity contribution >= 4 is 0 Å². The molecule has 22 heavy (non-hydrogen) atoms. The number of benzene rings is 2. The van der Waals surface area contributed by atoms with Crippen LogP contribution >= 0.6 is 0 Å². The zero-order chi connectivity index (χ0) is 16.3. The molecular formula is C15H12F5NO. The van der Waals surface area contributed by atoms with Gasteiger partial charge in [0, 0.05) is 0 Å². The zero-order valence-corrected chi connectivity index (χ0v) is 11.3. The molecule has 0 aliphatic heterocycles. The molecule has 2 nitrogen and oxygen atoms in total. The first kappa shape index (κ1) is 16.2. The Balaban J connectivity index is 2.39. The van der Waals surface area contributed by atoms with Crippen LogP contribution in [0.4, 0.5) is 22.0 Å². The van der Waals surface area contributed by atoms with Gasteiger partial charge in [0.2, 0.25) is 0 Å². The second-order valence-electron chi connectivity index (χ2n) is 4.52. The monoisotopic (exact) mass is 317 g/mol. The standard InChI is InChI=1S/C15H12F5NO/c16-11-7-10(15(18,19)20)8-12(17)14(11)22-13-4-2-1-3-9(13)5-6-21/h1-4,7-8H,5-6,21H2. The minimum absolute atomic E-state index is 0.144. The van der Waals surface area contributed by atoms with Gasteiger partial charge in [0.1, 0.15) is 5.75 Å². The Morgan fingerprint density at radius 3 is 2.14 bits per heavy atom. The zero-order valence-electron chi connectivity index (χ0n) is 11.3. The molecule has 2 N–H and O–H groups in total. The van der Waals surface area contributed by atoms with Gasteiger partial charge in [0.25, 0.3) is 0 Å². The highest BCUT2D eigenvalue weighted by atomic mass is 19.4. The van der Waals surface area contributed by atoms with Gasteiger partial charge in [-0.1, -0.05) is 18.2 Å². The number of hydrogen-bond acceptors (Lipinski definition) is 2. The topological polar surface area (TPSA) is 35.2 Å². The molecule has 0 aromatic heterocycles. The van der Waals surface area contributed by atoms with E-state index in [1.807, 2.05) is 0 Å². The third-order valence-electron chi connectivity index (χ3n) is 2.92. The minimum atomic E-state index is -4.84. The number of hydrogen-bond donors (Lipinski definition) is 1. The molecule has 2 aromatic carbocycles. The molecule has 0 unspecified atom stereocenters. The number of ether oxygens (including phenoxy) is 1. The van der Waals surface area contributed by atoms with E-state index in [0.29, 0.717) is 18.5 Å². The lowest BCUT2D eigenvalue weighted by molar-refractivity contribution is -0.138. The fourth-order valence-corrected chi connectivity index (χ4v) is 1.90. The summed E-state index contributed by atoms with van der Waals surface area (Å²) in [4.78, 5) is 0. The number of nitrogens with two attached hydrogens (primary N) is 1. The van der Waals surface area contributed by atoms with Crippen LogP contribution in [-0.4, -0.2) is 6.54 Å². The smallest absolute Gasteiger partial charge is 0.416 e. The summed E-state index contributed by atoms with van der Waals surface area (Å²) in [6, 6.07) is 6.78. The molecule has 7 heteroatoms. The van der Waals surface area contributed by atoms with Crippen LogP contribution in [0.15, 0.2) is 36.4 Å². The summed E-state index contributed by atoms with van der Waals surface area (Å²) in [5, 5.41) is 0. The van der Waals surface area contributed by atoms with Gasteiger partial charge in [-0.15, -0.1) is 0 Å². The molecule has 0 bridgehead atoms. The van der Waals surface area contributed by atoms with Gasteiger partial charge in [-0.3, -0.25) is 0 Å². The molecule has 0 spiro atoms. The van der Waals surface area contributed by atoms with Crippen LogP contribution in [0.2, 0.25) is 0 Å². The summed E-state index contributed by atoms with van der Waals surface area (Å²) in [6.07, 6.45) is -4.43. The van der Waals surface area contributed by atoms with E-state index in [2.05, 4.69) is 0 Å². The van der Waals surface area contributed by atoms with Gasteiger partial charge >= 0.3 is 6.18 Å². The van der Waals surface area contributed by atoms with Crippen LogP contribution in [0.1, 0.15) is 11.1 Å². The predicted molar refractivity (Wildman–Crippen MR) is 70.6 cm³/mol. The van der Waals surface area contributed by atoms with Crippen LogP contribution in [0.3, 0.4) is 0 Å². The third kappa shape index (κ3) is 3.54. The van der Waals surface area contributed by atoms with E-state index < -0.39 is 29.1 Å². The summed E-state index contributed by atoms with van der Waals surface area (Å²) < 4.78 is 70.1. The molecule has 0 radical (unpaired) electrons. The molecule has 0 atom stereocenters. The maximum absolute atomic E-state index is 13.8. The highest BCUT2D eigenvalue weighted by Gasteiger charge is 2.33. The van der Waals surface area contributed by atoms with E-state index in [1.165, 1.54) is 6.07 Å². The molecule has 2 rings (SSSR count). The van der Waals surface area contributed by atoms with Gasteiger partial charge in [0.15, 0.2) is 17.4 Å². The molecule has 2 aromatic rings. The van der Waals surface area contributed by atoms with E-state index in [9.17, 15) is 22.0 Å². The lowest BCUT2D eigenvalue weighted by Gasteiger charge is -2.13. The SMILES string of the molecule is NCCc1ccccc1Oc1c(F)cc(C(F)(F)F)cc1F. The van der Waals surface area contributed by atoms with Crippen LogP contribution < -0.4 is 10.5 Å². The van der Waals surface area contributed by atoms with E-state index in [1.54, 1.807) is 18.2 Å². The van der Waals surface area contributed by atoms with Crippen molar-refractivity contribution < 1.29 is 26.7 Å². The van der Waals surface area contributed by atoms with E-state index in [4.69, 9.17) is 10.5 Å². The van der Waals surface area contributed by atoms with Gasteiger partial charge < -0.3 is 10.5 Å². The first-order chi connectivity index (χ1) is 10.3. The van der Waals surface area contributed by atoms with Crippen molar-refractivity contribution in [1.29, 1.82) is 0 Å². The Morgan fingerprint density at radius 2 is 1.59 bits per heavy atom. The summed E-state index contributed by atoms with van der Waals surface area (Å²) in [5.74, 6) is -3.58. The Bertz CT molecular complexity index is 646. The molecule has 0 saturated carbocycles. The van der Waals surface area contributed by atoms with Gasteiger partial charge in [-0.2, -0.15) is 13.2 Å². The highest BCUT2D eigenvalue weighted by Crippen LogP contribution is 2.36. The number of para-hydroxylation sites is 1. The molecule has 0 saturated heterocycles. The average molecular weight is 317 g/mol. The number of halogens is 5. The molecule has 0 aliphatic carbocycles. The second-order valence-corrected chi connectivity index (χ2v) is 4.52. The normalized spacial score (nSPS) is 11.5. The van der Waals surface area contributed by atoms with Gasteiger partial charge in [-0.25, -0.2) is 8.78 Å². The van der Waals surface area contributed by atoms with E-state index in [0.717, 1.165) is 0 Å². The van der Waals surface area contributed by atoms with Gasteiger partial charge in [-0.05, 0) is 36.7 Å². The number of rotatable bonds is 4. The van der Waals surface area contributed by atoms with Crippen molar-refractivity contribution in [2.24, 2.45) is 5.73 Å². The first-order valence-corrected chi connectivity index (χ1v) is 6.35. The van der Waals surface area contributed by atoms with E-state index >= 15 is 0 Å². The maximum atomic E-state index is 13.8. The average Bonchev–Trinajstić information content (AvgIpc) is 2.43. The fraction of sp³-hybridized carbons (Fsp3) is 0.200. The van der Waals surface area contributed by atoms with Crippen molar-refractivity contribution in [1.82, 2.24) is 0 Å². The van der Waals surface area contributed by atoms with Crippen molar-refractivity contribution in [3.8, 4) is 11.5 Å². The molecule has 0 fully saturated rings. The first-order valence-electron chi connectivity index (χ1n) is 6.35. The molecule has 118 valence electrons. The molecule has 0 heterocycles. The van der Waals surface area contributed by atoms with Crippen LogP contribution in [0, 0.1) is 11.6 Å². The highest BCUT2D eigenvalue weighted by molar-refractivity contribution is 5.40. The Kier molecular flexibility index (Phi) is 4.65. The largest absolute Gasteiger partial charge is 0.451 e. The Labute approximate surface area is 123 Å². The summed E-state index contributed by atoms with van der Waals surface area (Å²) in [5.41, 5.74) is 4.61. The lowest BCUT2D eigenvalue weighted by atomic mass is 10.1.